The summed E-state index contributed by atoms with van der Waals surface area (Å²) >= 11 is 0. The number of rotatable bonds is 2. The maximum atomic E-state index is 13.2. The number of halogens is 2. The standard InChI is InChI=1S/C25H31F2NO/c1-24-9-7-18(29)12-17(24)3-4-19-21-6-5-20(25(21,2)10-8-22(19)24)15-11-16(23(26)27)14-28-13-15/h3,5,11,13-14,18-19,21-23,29H,4,6-10,12H2,1-2H3. The van der Waals surface area contributed by atoms with Crippen LogP contribution in [0.1, 0.15) is 76.3 Å². The summed E-state index contributed by atoms with van der Waals surface area (Å²) in [5.41, 5.74) is 3.88. The van der Waals surface area contributed by atoms with Crippen LogP contribution in [0, 0.1) is 28.6 Å². The molecular formula is C25H31F2NO. The number of hydrogen-bond acceptors (Lipinski definition) is 2. The van der Waals surface area contributed by atoms with E-state index < -0.39 is 6.43 Å². The Kier molecular flexibility index (Phi) is 4.51. The van der Waals surface area contributed by atoms with Gasteiger partial charge in [0.05, 0.1) is 6.10 Å². The molecule has 6 unspecified atom stereocenters. The Bertz CT molecular complexity index is 877. The molecule has 0 aromatic carbocycles. The molecule has 1 heterocycles. The molecule has 1 aromatic heterocycles. The van der Waals surface area contributed by atoms with E-state index in [2.05, 4.69) is 31.0 Å². The Labute approximate surface area is 172 Å². The molecule has 6 atom stereocenters. The van der Waals surface area contributed by atoms with Gasteiger partial charge in [0.1, 0.15) is 0 Å². The molecule has 2 fully saturated rings. The summed E-state index contributed by atoms with van der Waals surface area (Å²) in [5.74, 6) is 1.87. The van der Waals surface area contributed by atoms with Crippen LogP contribution in [0.3, 0.4) is 0 Å². The van der Waals surface area contributed by atoms with Gasteiger partial charge in [-0.3, -0.25) is 4.98 Å². The van der Waals surface area contributed by atoms with Crippen LogP contribution < -0.4 is 0 Å². The van der Waals surface area contributed by atoms with Gasteiger partial charge < -0.3 is 5.11 Å². The molecule has 4 aliphatic rings. The lowest BCUT2D eigenvalue weighted by atomic mass is 9.47. The van der Waals surface area contributed by atoms with Crippen LogP contribution in [0.2, 0.25) is 0 Å². The van der Waals surface area contributed by atoms with Crippen molar-refractivity contribution in [2.24, 2.45) is 28.6 Å². The monoisotopic (exact) mass is 399 g/mol. The highest BCUT2D eigenvalue weighted by molar-refractivity contribution is 5.72. The maximum Gasteiger partial charge on any atom is 0.265 e. The largest absolute Gasteiger partial charge is 0.393 e. The first-order chi connectivity index (χ1) is 13.8. The second kappa shape index (κ2) is 6.73. The summed E-state index contributed by atoms with van der Waals surface area (Å²) in [5, 5.41) is 10.2. The minimum absolute atomic E-state index is 0.0163. The van der Waals surface area contributed by atoms with Crippen molar-refractivity contribution in [2.45, 2.75) is 71.3 Å². The van der Waals surface area contributed by atoms with Gasteiger partial charge in [0.2, 0.25) is 0 Å². The van der Waals surface area contributed by atoms with Crippen molar-refractivity contribution in [1.82, 2.24) is 4.98 Å². The third kappa shape index (κ3) is 2.85. The van der Waals surface area contributed by atoms with Gasteiger partial charge in [-0.15, -0.1) is 0 Å². The highest BCUT2D eigenvalue weighted by Gasteiger charge is 2.56. The van der Waals surface area contributed by atoms with E-state index >= 15 is 0 Å². The predicted octanol–water partition coefficient (Wildman–Crippen LogP) is 6.34. The van der Waals surface area contributed by atoms with Crippen molar-refractivity contribution in [3.05, 3.63) is 47.3 Å². The summed E-state index contributed by atoms with van der Waals surface area (Å²) in [6.07, 6.45) is 12.4. The fraction of sp³-hybridized carbons (Fsp3) is 0.640. The van der Waals surface area contributed by atoms with E-state index in [0.717, 1.165) is 44.1 Å². The van der Waals surface area contributed by atoms with E-state index in [1.54, 1.807) is 12.3 Å². The number of nitrogens with zero attached hydrogens (tertiary/aromatic N) is 1. The van der Waals surface area contributed by atoms with Gasteiger partial charge in [-0.2, -0.15) is 0 Å². The number of fused-ring (bicyclic) bond motifs is 5. The third-order valence-electron chi connectivity index (χ3n) is 8.98. The zero-order valence-corrected chi connectivity index (χ0v) is 17.4. The zero-order valence-electron chi connectivity index (χ0n) is 17.4. The first kappa shape index (κ1) is 19.4. The summed E-state index contributed by atoms with van der Waals surface area (Å²) in [6.45, 7) is 4.79. The van der Waals surface area contributed by atoms with Crippen LogP contribution in [0.25, 0.3) is 5.57 Å². The van der Waals surface area contributed by atoms with E-state index in [4.69, 9.17) is 0 Å². The van der Waals surface area contributed by atoms with Crippen molar-refractivity contribution < 1.29 is 13.9 Å². The van der Waals surface area contributed by atoms with Gasteiger partial charge in [0.15, 0.2) is 0 Å². The number of alkyl halides is 2. The molecule has 4 heteroatoms. The second-order valence-corrected chi connectivity index (χ2v) is 10.3. The molecule has 0 aliphatic heterocycles. The van der Waals surface area contributed by atoms with Crippen LogP contribution in [-0.2, 0) is 0 Å². The summed E-state index contributed by atoms with van der Waals surface area (Å²) in [7, 11) is 0. The van der Waals surface area contributed by atoms with Crippen molar-refractivity contribution in [2.75, 3.05) is 0 Å². The van der Waals surface area contributed by atoms with E-state index in [1.165, 1.54) is 23.8 Å². The molecule has 2 saturated carbocycles. The van der Waals surface area contributed by atoms with Gasteiger partial charge in [-0.25, -0.2) is 8.78 Å². The van der Waals surface area contributed by atoms with Crippen molar-refractivity contribution in [3.63, 3.8) is 0 Å². The van der Waals surface area contributed by atoms with Crippen molar-refractivity contribution in [1.29, 1.82) is 0 Å². The van der Waals surface area contributed by atoms with E-state index in [1.807, 2.05) is 0 Å². The predicted molar refractivity (Wildman–Crippen MR) is 110 cm³/mol. The van der Waals surface area contributed by atoms with E-state index in [0.29, 0.717) is 17.8 Å². The molecule has 1 aromatic rings. The fourth-order valence-electron chi connectivity index (χ4n) is 7.38. The van der Waals surface area contributed by atoms with Gasteiger partial charge in [-0.05, 0) is 90.7 Å². The Morgan fingerprint density at radius 2 is 1.83 bits per heavy atom. The average Bonchev–Trinajstić information content (AvgIpc) is 3.06. The lowest BCUT2D eigenvalue weighted by Crippen LogP contribution is -2.49. The number of aromatic nitrogens is 1. The van der Waals surface area contributed by atoms with Crippen LogP contribution in [0.4, 0.5) is 8.78 Å². The van der Waals surface area contributed by atoms with E-state index in [9.17, 15) is 13.9 Å². The quantitative estimate of drug-likeness (QED) is 0.589. The van der Waals surface area contributed by atoms with Crippen LogP contribution in [-0.4, -0.2) is 16.2 Å². The van der Waals surface area contributed by atoms with Gasteiger partial charge in [0, 0.05) is 18.0 Å². The molecule has 4 aliphatic carbocycles. The van der Waals surface area contributed by atoms with Crippen LogP contribution in [0.5, 0.6) is 0 Å². The number of allylic oxidation sites excluding steroid dienone is 3. The summed E-state index contributed by atoms with van der Waals surface area (Å²) in [6, 6.07) is 1.64. The highest BCUT2D eigenvalue weighted by atomic mass is 19.3. The summed E-state index contributed by atoms with van der Waals surface area (Å²) < 4.78 is 26.5. The first-order valence-electron chi connectivity index (χ1n) is 11.1. The lowest BCUT2D eigenvalue weighted by Gasteiger charge is -2.57. The fourth-order valence-corrected chi connectivity index (χ4v) is 7.38. The van der Waals surface area contributed by atoms with Crippen LogP contribution >= 0.6 is 0 Å². The molecule has 0 saturated heterocycles. The Morgan fingerprint density at radius 1 is 1.03 bits per heavy atom. The molecule has 0 spiro atoms. The SMILES string of the molecule is CC12CCC(O)CC1=CCC1C2CCC2(C)C(c3cncc(C(F)F)c3)=CCC12. The minimum atomic E-state index is -2.48. The molecule has 0 bridgehead atoms. The molecule has 5 rings (SSSR count). The Hall–Kier alpha value is -1.55. The number of aliphatic hydroxyl groups excluding tert-OH is 1. The molecule has 156 valence electrons. The smallest absolute Gasteiger partial charge is 0.265 e. The normalized spacial score (nSPS) is 41.3. The van der Waals surface area contributed by atoms with Gasteiger partial charge in [-0.1, -0.05) is 31.6 Å². The molecular weight excluding hydrogens is 368 g/mol. The Balaban J connectivity index is 1.46. The number of aliphatic hydroxyl groups is 1. The molecule has 1 N–H and O–H groups in total. The Morgan fingerprint density at radius 3 is 2.62 bits per heavy atom. The topological polar surface area (TPSA) is 33.1 Å². The highest BCUT2D eigenvalue weighted by Crippen LogP contribution is 2.66. The van der Waals surface area contributed by atoms with E-state index in [-0.39, 0.29) is 22.5 Å². The lowest BCUT2D eigenvalue weighted by molar-refractivity contribution is -0.0238. The second-order valence-electron chi connectivity index (χ2n) is 10.3. The zero-order chi connectivity index (χ0) is 20.4. The number of hydrogen-bond donors (Lipinski definition) is 1. The van der Waals surface area contributed by atoms with Gasteiger partial charge in [0.25, 0.3) is 6.43 Å². The summed E-state index contributed by atoms with van der Waals surface area (Å²) in [4.78, 5) is 4.12. The molecule has 2 nitrogen and oxygen atoms in total. The average molecular weight is 400 g/mol. The molecule has 29 heavy (non-hydrogen) atoms. The third-order valence-corrected chi connectivity index (χ3v) is 8.98. The van der Waals surface area contributed by atoms with Gasteiger partial charge >= 0.3 is 0 Å². The molecule has 0 amide bonds. The van der Waals surface area contributed by atoms with Crippen LogP contribution in [0.15, 0.2) is 36.2 Å². The maximum absolute atomic E-state index is 13.2. The first-order valence-corrected chi connectivity index (χ1v) is 11.1. The van der Waals surface area contributed by atoms with Crippen molar-refractivity contribution in [3.8, 4) is 0 Å². The number of pyridine rings is 1. The molecule has 0 radical (unpaired) electrons. The van der Waals surface area contributed by atoms with Crippen molar-refractivity contribution >= 4 is 5.57 Å². The minimum Gasteiger partial charge on any atom is -0.393 e.